The molecule has 0 bridgehead atoms. The number of non-ortho nitro benzene ring substituents is 1. The van der Waals surface area contributed by atoms with Crippen LogP contribution in [0.1, 0.15) is 48.7 Å². The first-order valence-corrected chi connectivity index (χ1v) is 11.8. The number of hydrogen-bond donors (Lipinski definition) is 1. The van der Waals surface area contributed by atoms with Crippen molar-refractivity contribution < 1.29 is 22.9 Å². The van der Waals surface area contributed by atoms with Gasteiger partial charge in [-0.15, -0.1) is 0 Å². The highest BCUT2D eigenvalue weighted by Gasteiger charge is 2.43. The molecular formula is C23H20ClF3N4O3S. The van der Waals surface area contributed by atoms with E-state index in [4.69, 9.17) is 11.6 Å². The van der Waals surface area contributed by atoms with E-state index in [0.717, 1.165) is 15.1 Å². The lowest BCUT2D eigenvalue weighted by molar-refractivity contribution is -0.385. The maximum Gasteiger partial charge on any atom is 0.436 e. The molecule has 1 aromatic heterocycles. The summed E-state index contributed by atoms with van der Waals surface area (Å²) in [6.45, 7) is 3.35. The van der Waals surface area contributed by atoms with Gasteiger partial charge in [-0.3, -0.25) is 19.6 Å². The van der Waals surface area contributed by atoms with Crippen molar-refractivity contribution in [2.75, 3.05) is 5.32 Å². The van der Waals surface area contributed by atoms with Crippen LogP contribution in [0.25, 0.3) is 0 Å². The van der Waals surface area contributed by atoms with Gasteiger partial charge in [0.1, 0.15) is 6.04 Å². The smallest absolute Gasteiger partial charge is 0.324 e. The van der Waals surface area contributed by atoms with Crippen molar-refractivity contribution >= 4 is 40.6 Å². The lowest BCUT2D eigenvalue weighted by Crippen LogP contribution is -2.26. The predicted molar refractivity (Wildman–Crippen MR) is 126 cm³/mol. The molecule has 0 spiro atoms. The summed E-state index contributed by atoms with van der Waals surface area (Å²) in [5, 5.41) is 17.2. The molecule has 0 aliphatic heterocycles. The average molecular weight is 525 g/mol. The normalized spacial score (nSPS) is 14.6. The van der Waals surface area contributed by atoms with Gasteiger partial charge in [0.2, 0.25) is 5.91 Å². The summed E-state index contributed by atoms with van der Waals surface area (Å²) in [5.74, 6) is -0.872. The van der Waals surface area contributed by atoms with E-state index < -0.39 is 33.8 Å². The second-order valence-electron chi connectivity index (χ2n) is 8.32. The van der Waals surface area contributed by atoms with Crippen molar-refractivity contribution in [3.05, 3.63) is 74.6 Å². The number of nitrogens with one attached hydrogen (secondary N) is 1. The molecule has 0 saturated heterocycles. The van der Waals surface area contributed by atoms with Crippen molar-refractivity contribution in [2.24, 2.45) is 0 Å². The third-order valence-corrected chi connectivity index (χ3v) is 6.84. The Kier molecular flexibility index (Phi) is 6.83. The van der Waals surface area contributed by atoms with E-state index in [0.29, 0.717) is 17.7 Å². The Morgan fingerprint density at radius 3 is 2.46 bits per heavy atom. The second-order valence-corrected chi connectivity index (χ2v) is 9.84. The van der Waals surface area contributed by atoms with Crippen LogP contribution >= 0.6 is 23.4 Å². The highest BCUT2D eigenvalue weighted by Crippen LogP contribution is 2.47. The van der Waals surface area contributed by atoms with Crippen LogP contribution in [0.15, 0.2) is 52.3 Å². The molecule has 3 aromatic rings. The second kappa shape index (κ2) is 9.54. The van der Waals surface area contributed by atoms with Gasteiger partial charge in [-0.05, 0) is 44.9 Å². The van der Waals surface area contributed by atoms with Crippen LogP contribution in [0, 0.1) is 17.0 Å². The number of benzene rings is 2. The maximum absolute atomic E-state index is 13.4. The van der Waals surface area contributed by atoms with Crippen molar-refractivity contribution in [1.29, 1.82) is 0 Å². The summed E-state index contributed by atoms with van der Waals surface area (Å²) in [7, 11) is 0. The molecule has 2 aromatic carbocycles. The number of hydrogen-bond acceptors (Lipinski definition) is 5. The van der Waals surface area contributed by atoms with Crippen molar-refractivity contribution in [3.63, 3.8) is 0 Å². The van der Waals surface area contributed by atoms with Gasteiger partial charge in [0, 0.05) is 33.5 Å². The quantitative estimate of drug-likeness (QED) is 0.265. The average Bonchev–Trinajstić information content (AvgIpc) is 3.55. The number of halogens is 4. The van der Waals surface area contributed by atoms with E-state index >= 15 is 0 Å². The molecule has 1 fully saturated rings. The van der Waals surface area contributed by atoms with Gasteiger partial charge in [0.15, 0.2) is 5.69 Å². The van der Waals surface area contributed by atoms with Gasteiger partial charge in [-0.1, -0.05) is 41.1 Å². The molecule has 1 amide bonds. The van der Waals surface area contributed by atoms with Crippen molar-refractivity contribution in [3.8, 4) is 0 Å². The topological polar surface area (TPSA) is 90.1 Å². The number of nitrogens with zero attached hydrogens (tertiary/aromatic N) is 3. The van der Waals surface area contributed by atoms with Crippen LogP contribution in [0.3, 0.4) is 0 Å². The molecule has 0 radical (unpaired) electrons. The van der Waals surface area contributed by atoms with E-state index in [-0.39, 0.29) is 23.0 Å². The van der Waals surface area contributed by atoms with E-state index in [1.54, 1.807) is 6.07 Å². The van der Waals surface area contributed by atoms with E-state index in [9.17, 15) is 28.1 Å². The third-order valence-electron chi connectivity index (χ3n) is 5.49. The van der Waals surface area contributed by atoms with Crippen LogP contribution in [-0.4, -0.2) is 20.6 Å². The fourth-order valence-corrected chi connectivity index (χ4v) is 4.84. The van der Waals surface area contributed by atoms with Gasteiger partial charge in [-0.2, -0.15) is 18.3 Å². The summed E-state index contributed by atoms with van der Waals surface area (Å²) in [5.41, 5.74) is -0.0735. The lowest BCUT2D eigenvalue weighted by Gasteiger charge is -2.16. The zero-order valence-electron chi connectivity index (χ0n) is 18.6. The van der Waals surface area contributed by atoms with Gasteiger partial charge in [0.25, 0.3) is 5.69 Å². The highest BCUT2D eigenvalue weighted by atomic mass is 35.5. The lowest BCUT2D eigenvalue weighted by atomic mass is 10.2. The van der Waals surface area contributed by atoms with Crippen LogP contribution in [0.4, 0.5) is 24.5 Å². The summed E-state index contributed by atoms with van der Waals surface area (Å²) in [6, 6.07) is 10.6. The molecule has 1 heterocycles. The number of amides is 1. The molecule has 1 aliphatic carbocycles. The number of aromatic nitrogens is 2. The molecule has 1 atom stereocenters. The van der Waals surface area contributed by atoms with Crippen LogP contribution in [-0.2, 0) is 11.0 Å². The number of nitro benzene ring substituents is 1. The Bertz CT molecular complexity index is 1290. The monoisotopic (exact) mass is 524 g/mol. The number of rotatable bonds is 7. The first-order chi connectivity index (χ1) is 16.4. The minimum absolute atomic E-state index is 0.146. The molecule has 35 heavy (non-hydrogen) atoms. The first kappa shape index (κ1) is 25.1. The molecule has 1 aliphatic rings. The Morgan fingerprint density at radius 2 is 1.89 bits per heavy atom. The Hall–Kier alpha value is -3.05. The van der Waals surface area contributed by atoms with Gasteiger partial charge in [-0.25, -0.2) is 0 Å². The standard InChI is InChI=1S/C23H20ClF3N4O3S/c1-12-3-7-17(8-4-12)35-18-10-15(9-16(11-18)31(33)34)28-22(32)13(2)30-20(14-5-6-14)19(24)21(29-30)23(25,26)27/h3-4,7-11,13-14H,5-6H2,1-2H3,(H,28,32). The summed E-state index contributed by atoms with van der Waals surface area (Å²) in [6.07, 6.45) is -3.45. The fourth-order valence-electron chi connectivity index (χ4n) is 3.55. The minimum Gasteiger partial charge on any atom is -0.324 e. The zero-order valence-corrected chi connectivity index (χ0v) is 20.2. The largest absolute Gasteiger partial charge is 0.436 e. The maximum atomic E-state index is 13.4. The number of aryl methyl sites for hydroxylation is 1. The molecule has 1 unspecified atom stereocenters. The SMILES string of the molecule is Cc1ccc(Sc2cc(NC(=O)C(C)n3nc(C(F)(F)F)c(Cl)c3C3CC3)cc([N+](=O)[O-])c2)cc1. The first-order valence-electron chi connectivity index (χ1n) is 10.6. The molecule has 184 valence electrons. The Morgan fingerprint density at radius 1 is 1.23 bits per heavy atom. The highest BCUT2D eigenvalue weighted by molar-refractivity contribution is 7.99. The van der Waals surface area contributed by atoms with Crippen LogP contribution < -0.4 is 5.32 Å². The number of anilines is 1. The summed E-state index contributed by atoms with van der Waals surface area (Å²) in [4.78, 5) is 25.2. The zero-order chi connectivity index (χ0) is 25.5. The van der Waals surface area contributed by atoms with E-state index in [1.165, 1.54) is 30.8 Å². The van der Waals surface area contributed by atoms with Crippen molar-refractivity contribution in [1.82, 2.24) is 9.78 Å². The Labute approximate surface area is 207 Å². The number of nitro groups is 1. The summed E-state index contributed by atoms with van der Waals surface area (Å²) < 4.78 is 41.1. The number of carbonyl (C=O) groups is 1. The van der Waals surface area contributed by atoms with Gasteiger partial charge >= 0.3 is 6.18 Å². The van der Waals surface area contributed by atoms with Crippen LogP contribution in [0.2, 0.25) is 5.02 Å². The molecule has 1 N–H and O–H groups in total. The van der Waals surface area contributed by atoms with Gasteiger partial charge in [0.05, 0.1) is 15.6 Å². The molecule has 12 heteroatoms. The molecule has 1 saturated carbocycles. The van der Waals surface area contributed by atoms with E-state index in [2.05, 4.69) is 10.4 Å². The molecule has 4 rings (SSSR count). The van der Waals surface area contributed by atoms with E-state index in [1.807, 2.05) is 31.2 Å². The van der Waals surface area contributed by atoms with Gasteiger partial charge < -0.3 is 5.32 Å². The minimum atomic E-state index is -4.76. The fraction of sp³-hybridized carbons (Fsp3) is 0.304. The number of alkyl halides is 3. The predicted octanol–water partition coefficient (Wildman–Crippen LogP) is 7.00. The number of carbonyl (C=O) groups excluding carboxylic acids is 1. The summed E-state index contributed by atoms with van der Waals surface area (Å²) >= 11 is 7.29. The van der Waals surface area contributed by atoms with Crippen molar-refractivity contribution in [2.45, 2.75) is 54.6 Å². The molecular weight excluding hydrogens is 505 g/mol. The van der Waals surface area contributed by atoms with Crippen LogP contribution in [0.5, 0.6) is 0 Å². The third kappa shape index (κ3) is 5.62. The Balaban J connectivity index is 1.61. The molecule has 7 nitrogen and oxygen atoms in total.